The van der Waals surface area contributed by atoms with Gasteiger partial charge in [0.05, 0.1) is 5.60 Å². The Labute approximate surface area is 101 Å². The van der Waals surface area contributed by atoms with E-state index < -0.39 is 0 Å². The van der Waals surface area contributed by atoms with E-state index in [4.69, 9.17) is 4.74 Å². The molecule has 0 bridgehead atoms. The Morgan fingerprint density at radius 2 is 1.88 bits per heavy atom. The van der Waals surface area contributed by atoms with Gasteiger partial charge in [0.1, 0.15) is 6.29 Å². The Balaban J connectivity index is 4.07. The Bertz CT molecular complexity index is 211. The molecule has 0 spiro atoms. The van der Waals surface area contributed by atoms with Crippen LogP contribution in [0.1, 0.15) is 60.3 Å². The lowest BCUT2D eigenvalue weighted by atomic mass is 9.74. The highest BCUT2D eigenvalue weighted by atomic mass is 16.5. The molecule has 0 saturated heterocycles. The van der Waals surface area contributed by atoms with Crippen LogP contribution in [0.4, 0.5) is 0 Å². The van der Waals surface area contributed by atoms with E-state index in [0.29, 0.717) is 5.92 Å². The van der Waals surface area contributed by atoms with E-state index >= 15 is 0 Å². The molecule has 2 heteroatoms. The summed E-state index contributed by atoms with van der Waals surface area (Å²) < 4.78 is 5.39. The lowest BCUT2D eigenvalue weighted by molar-refractivity contribution is -0.118. The predicted molar refractivity (Wildman–Crippen MR) is 68.6 cm³/mol. The van der Waals surface area contributed by atoms with Crippen molar-refractivity contribution < 1.29 is 9.53 Å². The highest BCUT2D eigenvalue weighted by molar-refractivity contribution is 5.58. The predicted octanol–water partition coefficient (Wildman–Crippen LogP) is 3.83. The van der Waals surface area contributed by atoms with Gasteiger partial charge < -0.3 is 9.53 Å². The first-order valence-electron chi connectivity index (χ1n) is 6.33. The fourth-order valence-corrected chi connectivity index (χ4v) is 1.81. The molecule has 0 aromatic rings. The maximum atomic E-state index is 11.1. The lowest BCUT2D eigenvalue weighted by Gasteiger charge is -2.30. The fourth-order valence-electron chi connectivity index (χ4n) is 1.81. The molecule has 0 aromatic carbocycles. The smallest absolute Gasteiger partial charge is 0.126 e. The van der Waals surface area contributed by atoms with Crippen LogP contribution >= 0.6 is 0 Å². The summed E-state index contributed by atoms with van der Waals surface area (Å²) in [6.07, 6.45) is 5.30. The second-order valence-electron chi connectivity index (χ2n) is 5.73. The first kappa shape index (κ1) is 15.6. The van der Waals surface area contributed by atoms with Crippen LogP contribution in [0.3, 0.4) is 0 Å². The number of hydrogen-bond acceptors (Lipinski definition) is 2. The highest BCUT2D eigenvalue weighted by Crippen LogP contribution is 2.33. The van der Waals surface area contributed by atoms with Crippen LogP contribution in [0.15, 0.2) is 0 Å². The van der Waals surface area contributed by atoms with Crippen molar-refractivity contribution in [2.75, 3.05) is 7.11 Å². The van der Waals surface area contributed by atoms with Gasteiger partial charge in [-0.3, -0.25) is 0 Å². The monoisotopic (exact) mass is 228 g/mol. The molecule has 0 amide bonds. The van der Waals surface area contributed by atoms with Crippen LogP contribution in [0.2, 0.25) is 0 Å². The Morgan fingerprint density at radius 3 is 2.25 bits per heavy atom. The van der Waals surface area contributed by atoms with Gasteiger partial charge in [0.15, 0.2) is 0 Å². The molecule has 0 aromatic heterocycles. The van der Waals surface area contributed by atoms with Crippen molar-refractivity contribution in [1.82, 2.24) is 0 Å². The summed E-state index contributed by atoms with van der Waals surface area (Å²) in [5, 5.41) is 0. The largest absolute Gasteiger partial charge is 0.379 e. The van der Waals surface area contributed by atoms with Crippen molar-refractivity contribution in [3.63, 3.8) is 0 Å². The molecule has 16 heavy (non-hydrogen) atoms. The summed E-state index contributed by atoms with van der Waals surface area (Å²) in [5.74, 6) is 0.447. The van der Waals surface area contributed by atoms with Crippen LogP contribution < -0.4 is 0 Å². The molecule has 0 N–H and O–H groups in total. The molecule has 0 fully saturated rings. The van der Waals surface area contributed by atoms with Crippen LogP contribution in [0.5, 0.6) is 0 Å². The number of carbonyl (C=O) groups excluding carboxylic acids is 1. The van der Waals surface area contributed by atoms with Crippen molar-refractivity contribution in [3.8, 4) is 0 Å². The SMILES string of the molecule is CCC(C)(C=O)C(C)CCCC(C)(C)OC. The van der Waals surface area contributed by atoms with E-state index in [1.165, 1.54) is 0 Å². The zero-order valence-corrected chi connectivity index (χ0v) is 11.8. The molecule has 0 aliphatic heterocycles. The lowest BCUT2D eigenvalue weighted by Crippen LogP contribution is -2.27. The minimum Gasteiger partial charge on any atom is -0.379 e. The van der Waals surface area contributed by atoms with E-state index in [9.17, 15) is 4.79 Å². The maximum Gasteiger partial charge on any atom is 0.126 e. The van der Waals surface area contributed by atoms with Crippen molar-refractivity contribution in [1.29, 1.82) is 0 Å². The zero-order chi connectivity index (χ0) is 12.8. The molecule has 2 unspecified atom stereocenters. The van der Waals surface area contributed by atoms with Gasteiger partial charge in [-0.15, -0.1) is 0 Å². The molecule has 96 valence electrons. The minimum atomic E-state index is -0.156. The Kier molecular flexibility index (Phi) is 6.24. The summed E-state index contributed by atoms with van der Waals surface area (Å²) in [5.41, 5.74) is -0.194. The first-order chi connectivity index (χ1) is 7.31. The average Bonchev–Trinajstić information content (AvgIpc) is 2.27. The van der Waals surface area contributed by atoms with E-state index in [1.54, 1.807) is 7.11 Å². The standard InChI is InChI=1S/C14H28O2/c1-7-14(5,11-15)12(2)9-8-10-13(3,4)16-6/h11-12H,7-10H2,1-6H3. The van der Waals surface area contributed by atoms with E-state index in [2.05, 4.69) is 34.6 Å². The number of carbonyl (C=O) groups is 1. The molecule has 0 aliphatic rings. The molecule has 0 saturated carbocycles. The number of ether oxygens (including phenoxy) is 1. The van der Waals surface area contributed by atoms with Crippen LogP contribution in [-0.4, -0.2) is 19.0 Å². The number of rotatable bonds is 8. The molecule has 2 nitrogen and oxygen atoms in total. The van der Waals surface area contributed by atoms with Crippen LogP contribution in [-0.2, 0) is 9.53 Å². The van der Waals surface area contributed by atoms with Crippen molar-refractivity contribution in [2.24, 2.45) is 11.3 Å². The van der Waals surface area contributed by atoms with E-state index in [1.807, 2.05) is 0 Å². The number of aldehydes is 1. The van der Waals surface area contributed by atoms with Gasteiger partial charge in [0, 0.05) is 12.5 Å². The average molecular weight is 228 g/mol. The van der Waals surface area contributed by atoms with E-state index in [-0.39, 0.29) is 11.0 Å². The highest BCUT2D eigenvalue weighted by Gasteiger charge is 2.28. The van der Waals surface area contributed by atoms with Crippen molar-refractivity contribution >= 4 is 6.29 Å². The molecular formula is C14H28O2. The van der Waals surface area contributed by atoms with E-state index in [0.717, 1.165) is 32.0 Å². The van der Waals surface area contributed by atoms with Crippen molar-refractivity contribution in [3.05, 3.63) is 0 Å². The molecule has 0 aliphatic carbocycles. The van der Waals surface area contributed by atoms with Crippen molar-refractivity contribution in [2.45, 2.75) is 65.9 Å². The summed E-state index contributed by atoms with van der Waals surface area (Å²) >= 11 is 0. The fraction of sp³-hybridized carbons (Fsp3) is 0.929. The first-order valence-corrected chi connectivity index (χ1v) is 6.33. The molecular weight excluding hydrogens is 200 g/mol. The summed E-state index contributed by atoms with van der Waals surface area (Å²) in [6.45, 7) is 10.5. The van der Waals surface area contributed by atoms with Gasteiger partial charge in [-0.25, -0.2) is 0 Å². The second-order valence-corrected chi connectivity index (χ2v) is 5.73. The molecule has 0 rings (SSSR count). The topological polar surface area (TPSA) is 26.3 Å². The normalized spacial score (nSPS) is 17.9. The Morgan fingerprint density at radius 1 is 1.31 bits per heavy atom. The van der Waals surface area contributed by atoms with Crippen LogP contribution in [0, 0.1) is 11.3 Å². The van der Waals surface area contributed by atoms with Crippen LogP contribution in [0.25, 0.3) is 0 Å². The van der Waals surface area contributed by atoms with Gasteiger partial charge in [-0.1, -0.05) is 27.2 Å². The van der Waals surface area contributed by atoms with Gasteiger partial charge in [0.25, 0.3) is 0 Å². The maximum absolute atomic E-state index is 11.1. The molecule has 2 atom stereocenters. The third kappa shape index (κ3) is 4.65. The quantitative estimate of drug-likeness (QED) is 0.590. The number of hydrogen-bond donors (Lipinski definition) is 0. The van der Waals surface area contributed by atoms with Gasteiger partial charge in [-0.2, -0.15) is 0 Å². The third-order valence-corrected chi connectivity index (χ3v) is 4.13. The van der Waals surface area contributed by atoms with Gasteiger partial charge in [-0.05, 0) is 39.0 Å². The molecule has 0 radical (unpaired) electrons. The summed E-state index contributed by atoms with van der Waals surface area (Å²) in [7, 11) is 1.75. The zero-order valence-electron chi connectivity index (χ0n) is 11.8. The second kappa shape index (κ2) is 6.39. The minimum absolute atomic E-state index is 0.0382. The third-order valence-electron chi connectivity index (χ3n) is 4.13. The molecule has 0 heterocycles. The summed E-state index contributed by atoms with van der Waals surface area (Å²) in [4.78, 5) is 11.1. The summed E-state index contributed by atoms with van der Waals surface area (Å²) in [6, 6.07) is 0. The van der Waals surface area contributed by atoms with Gasteiger partial charge >= 0.3 is 0 Å². The Hall–Kier alpha value is -0.370. The van der Waals surface area contributed by atoms with Gasteiger partial charge in [0.2, 0.25) is 0 Å². The number of methoxy groups -OCH3 is 1.